The lowest BCUT2D eigenvalue weighted by Gasteiger charge is -2.20. The second kappa shape index (κ2) is 15.3. The molecule has 3 N–H and O–H groups in total. The molecule has 7 nitrogen and oxygen atoms in total. The maximum absolute atomic E-state index is 13.5. The van der Waals surface area contributed by atoms with Gasteiger partial charge in [-0.1, -0.05) is 13.0 Å². The van der Waals surface area contributed by atoms with Crippen molar-refractivity contribution in [1.29, 1.82) is 0 Å². The number of benzene rings is 2. The van der Waals surface area contributed by atoms with E-state index in [-0.39, 0.29) is 17.2 Å². The van der Waals surface area contributed by atoms with Crippen LogP contribution in [0.25, 0.3) is 22.2 Å². The van der Waals surface area contributed by atoms with E-state index in [2.05, 4.69) is 21.0 Å². The van der Waals surface area contributed by atoms with Crippen molar-refractivity contribution in [3.63, 3.8) is 0 Å². The van der Waals surface area contributed by atoms with Gasteiger partial charge in [0.05, 0.1) is 6.61 Å². The van der Waals surface area contributed by atoms with Crippen LogP contribution in [0.5, 0.6) is 11.5 Å². The van der Waals surface area contributed by atoms with Crippen LogP contribution in [-0.4, -0.2) is 56.3 Å². The first-order valence-corrected chi connectivity index (χ1v) is 14.9. The number of nitrogens with one attached hydrogen (secondary N) is 1. The Morgan fingerprint density at radius 3 is 2.49 bits per heavy atom. The van der Waals surface area contributed by atoms with E-state index in [4.69, 9.17) is 9.47 Å². The first-order chi connectivity index (χ1) is 21.7. The largest absolute Gasteiger partial charge is 0.491 e. The molecule has 0 bridgehead atoms. The second-order valence-electron chi connectivity index (χ2n) is 10.8. The molecule has 0 saturated heterocycles. The molecule has 2 unspecified atom stereocenters. The molecule has 2 aromatic carbocycles. The molecule has 6 rings (SSSR count). The number of hydrogen-bond acceptors (Lipinski definition) is 7. The predicted octanol–water partition coefficient (Wildman–Crippen LogP) is 7.05. The van der Waals surface area contributed by atoms with Crippen LogP contribution >= 0.6 is 0 Å². The Bertz CT molecular complexity index is 1580. The van der Waals surface area contributed by atoms with Crippen LogP contribution in [0.2, 0.25) is 0 Å². The van der Waals surface area contributed by atoms with Gasteiger partial charge >= 0.3 is 6.18 Å². The lowest BCUT2D eigenvalue weighted by atomic mass is 9.92. The highest BCUT2D eigenvalue weighted by molar-refractivity contribution is 5.91. The third-order valence-corrected chi connectivity index (χ3v) is 7.59. The third kappa shape index (κ3) is 8.15. The van der Waals surface area contributed by atoms with Gasteiger partial charge in [-0.05, 0) is 87.8 Å². The van der Waals surface area contributed by atoms with Gasteiger partial charge in [-0.2, -0.15) is 13.2 Å². The van der Waals surface area contributed by atoms with E-state index in [0.29, 0.717) is 47.3 Å². The summed E-state index contributed by atoms with van der Waals surface area (Å²) in [7, 11) is 3.32. The standard InChI is InChI=1S/C20H20F4N2O.C13H13NO2.CH5N/c1-25-9-15(11-2-3-11)17-8-14-16(20(22,23)24)10-27-19(14)18(26-17)12-4-6-13(21)7-5-12;1-2-6-16-12-8-10(9-15)7-11-4-3-5-14-13(11)12;1-2/h4-8,11,15-16,25H,2-3,9-10H2,1H3;3-5,7-9H,2,6H2,1H3;2H2,1H3. The molecular weight excluding hydrogens is 588 g/mol. The fraction of sp³-hybridized carbons (Fsp3) is 0.382. The van der Waals surface area contributed by atoms with E-state index >= 15 is 0 Å². The molecule has 0 amide bonds. The van der Waals surface area contributed by atoms with Crippen molar-refractivity contribution in [2.45, 2.75) is 44.2 Å². The normalized spacial score (nSPS) is 16.0. The fourth-order valence-electron chi connectivity index (χ4n) is 5.31. The van der Waals surface area contributed by atoms with E-state index in [1.807, 2.05) is 32.2 Å². The number of rotatable bonds is 9. The highest BCUT2D eigenvalue weighted by Gasteiger charge is 2.47. The molecule has 1 aliphatic carbocycles. The molecule has 1 saturated carbocycles. The first kappa shape index (κ1) is 33.8. The Hall–Kier alpha value is -4.09. The minimum absolute atomic E-state index is 0.0500. The molecule has 0 spiro atoms. The molecule has 2 aromatic heterocycles. The SMILES string of the molecule is CCCOc1cc(C=O)cc2cccnc12.CN.CNCC(c1cc2c(c(-c3ccc(F)cc3)n1)OCC2C(F)(F)F)C1CC1. The summed E-state index contributed by atoms with van der Waals surface area (Å²) in [6.45, 7) is 2.88. The number of aromatic nitrogens is 2. The highest BCUT2D eigenvalue weighted by atomic mass is 19.4. The van der Waals surface area contributed by atoms with E-state index in [1.54, 1.807) is 18.3 Å². The van der Waals surface area contributed by atoms with Crippen LogP contribution in [0.3, 0.4) is 0 Å². The lowest BCUT2D eigenvalue weighted by molar-refractivity contribution is -0.151. The average Bonchev–Trinajstić information content (AvgIpc) is 3.79. The quantitative estimate of drug-likeness (QED) is 0.152. The van der Waals surface area contributed by atoms with Gasteiger partial charge in [-0.25, -0.2) is 9.37 Å². The van der Waals surface area contributed by atoms with Crippen molar-refractivity contribution in [3.05, 3.63) is 83.4 Å². The minimum atomic E-state index is -4.39. The van der Waals surface area contributed by atoms with Gasteiger partial charge in [0.15, 0.2) is 0 Å². The molecule has 240 valence electrons. The molecule has 0 radical (unpaired) electrons. The number of ether oxygens (including phenoxy) is 2. The number of fused-ring (bicyclic) bond motifs is 2. The number of aldehydes is 1. The second-order valence-corrected chi connectivity index (χ2v) is 10.8. The van der Waals surface area contributed by atoms with Gasteiger partial charge in [0.25, 0.3) is 0 Å². The smallest absolute Gasteiger partial charge is 0.399 e. The van der Waals surface area contributed by atoms with Crippen molar-refractivity contribution < 1.29 is 31.8 Å². The number of carbonyl (C=O) groups is 1. The lowest BCUT2D eigenvalue weighted by Crippen LogP contribution is -2.23. The van der Waals surface area contributed by atoms with Gasteiger partial charge in [0.2, 0.25) is 0 Å². The molecule has 2 atom stereocenters. The molecule has 11 heteroatoms. The molecule has 1 aliphatic heterocycles. The van der Waals surface area contributed by atoms with Crippen LogP contribution in [-0.2, 0) is 0 Å². The Kier molecular flexibility index (Phi) is 11.5. The molecule has 2 aliphatic rings. The third-order valence-electron chi connectivity index (χ3n) is 7.59. The number of pyridine rings is 2. The minimum Gasteiger partial charge on any atom is -0.491 e. The number of nitrogens with two attached hydrogens (primary N) is 1. The predicted molar refractivity (Wildman–Crippen MR) is 166 cm³/mol. The summed E-state index contributed by atoms with van der Waals surface area (Å²) < 4.78 is 64.9. The Morgan fingerprint density at radius 2 is 1.87 bits per heavy atom. The molecular formula is C34H38F4N4O3. The Labute approximate surface area is 260 Å². The van der Waals surface area contributed by atoms with Crippen molar-refractivity contribution in [2.24, 2.45) is 11.7 Å². The van der Waals surface area contributed by atoms with Gasteiger partial charge in [-0.15, -0.1) is 0 Å². The van der Waals surface area contributed by atoms with Crippen molar-refractivity contribution in [2.75, 3.05) is 33.9 Å². The maximum Gasteiger partial charge on any atom is 0.399 e. The maximum atomic E-state index is 13.5. The number of hydrogen-bond donors (Lipinski definition) is 2. The number of nitrogens with zero attached hydrogens (tertiary/aromatic N) is 2. The zero-order valence-corrected chi connectivity index (χ0v) is 25.5. The van der Waals surface area contributed by atoms with Gasteiger partial charge in [0.1, 0.15) is 47.3 Å². The monoisotopic (exact) mass is 626 g/mol. The summed E-state index contributed by atoms with van der Waals surface area (Å²) in [6.07, 6.45) is 1.20. The molecule has 3 heterocycles. The topological polar surface area (TPSA) is 99.4 Å². The van der Waals surface area contributed by atoms with Crippen LogP contribution in [0.1, 0.15) is 59.6 Å². The van der Waals surface area contributed by atoms with Crippen LogP contribution in [0, 0.1) is 11.7 Å². The van der Waals surface area contributed by atoms with Gasteiger partial charge in [0, 0.05) is 46.4 Å². The zero-order valence-electron chi connectivity index (χ0n) is 25.5. The van der Waals surface area contributed by atoms with Crippen molar-refractivity contribution >= 4 is 17.2 Å². The summed E-state index contributed by atoms with van der Waals surface area (Å²) in [6, 6.07) is 14.5. The Morgan fingerprint density at radius 1 is 1.13 bits per heavy atom. The van der Waals surface area contributed by atoms with Crippen LogP contribution < -0.4 is 20.5 Å². The highest BCUT2D eigenvalue weighted by Crippen LogP contribution is 2.50. The first-order valence-electron chi connectivity index (χ1n) is 14.9. The van der Waals surface area contributed by atoms with Crippen molar-refractivity contribution in [3.8, 4) is 22.8 Å². The van der Waals surface area contributed by atoms with Gasteiger partial charge < -0.3 is 20.5 Å². The molecule has 1 fully saturated rings. The number of alkyl halides is 3. The molecule has 45 heavy (non-hydrogen) atoms. The summed E-state index contributed by atoms with van der Waals surface area (Å²) in [4.78, 5) is 19.8. The van der Waals surface area contributed by atoms with E-state index in [1.165, 1.54) is 31.3 Å². The summed E-state index contributed by atoms with van der Waals surface area (Å²) >= 11 is 0. The van der Waals surface area contributed by atoms with Crippen LogP contribution in [0.15, 0.2) is 60.8 Å². The summed E-state index contributed by atoms with van der Waals surface area (Å²) in [5.41, 5.74) is 7.61. The van der Waals surface area contributed by atoms with Gasteiger partial charge in [-0.3, -0.25) is 9.78 Å². The summed E-state index contributed by atoms with van der Waals surface area (Å²) in [5.74, 6) is -0.756. The zero-order chi connectivity index (χ0) is 32.6. The van der Waals surface area contributed by atoms with E-state index < -0.39 is 24.5 Å². The number of halogens is 4. The van der Waals surface area contributed by atoms with Crippen molar-refractivity contribution in [1.82, 2.24) is 15.3 Å². The fourth-order valence-corrected chi connectivity index (χ4v) is 5.31. The number of likely N-dealkylation sites (N-methyl/N-ethyl adjacent to an activating group) is 1. The molecule has 4 aromatic rings. The Balaban J connectivity index is 0.000000219. The van der Waals surface area contributed by atoms with E-state index in [9.17, 15) is 22.4 Å². The number of carbonyl (C=O) groups excluding carboxylic acids is 1. The van der Waals surface area contributed by atoms with Crippen LogP contribution in [0.4, 0.5) is 17.6 Å². The van der Waals surface area contributed by atoms with E-state index in [0.717, 1.165) is 36.5 Å². The average molecular weight is 627 g/mol. The summed E-state index contributed by atoms with van der Waals surface area (Å²) in [5, 5.41) is 4.05.